The van der Waals surface area contributed by atoms with Crippen molar-refractivity contribution in [2.75, 3.05) is 50.2 Å². The summed E-state index contributed by atoms with van der Waals surface area (Å²) in [5, 5.41) is 0.707. The number of carbonyl (C=O) groups excluding carboxylic acids is 2. The Bertz CT molecular complexity index is 1260. The summed E-state index contributed by atoms with van der Waals surface area (Å²) < 4.78 is 10.6. The Kier molecular flexibility index (Phi) is 7.24. The highest BCUT2D eigenvalue weighted by Gasteiger charge is 2.47. The largest absolute Gasteiger partial charge is 0.497 e. The average Bonchev–Trinajstić information content (AvgIpc) is 3.30. The molecule has 2 aliphatic heterocycles. The number of nitrogens with zero attached hydrogens (tertiary/aromatic N) is 3. The van der Waals surface area contributed by atoms with Crippen molar-refractivity contribution in [3.63, 3.8) is 0 Å². The van der Waals surface area contributed by atoms with Crippen LogP contribution in [0.1, 0.15) is 18.0 Å². The van der Waals surface area contributed by atoms with E-state index < -0.39 is 12.0 Å². The number of ether oxygens (including phenoxy) is 2. The second kappa shape index (κ2) is 10.7. The van der Waals surface area contributed by atoms with E-state index in [1.165, 1.54) is 0 Å². The van der Waals surface area contributed by atoms with Gasteiger partial charge in [0.1, 0.15) is 11.5 Å². The molecule has 3 aromatic rings. The number of anilines is 2. The third kappa shape index (κ3) is 4.96. The van der Waals surface area contributed by atoms with Gasteiger partial charge >= 0.3 is 0 Å². The van der Waals surface area contributed by atoms with Crippen LogP contribution in [0, 0.1) is 5.92 Å². The summed E-state index contributed by atoms with van der Waals surface area (Å²) in [6.45, 7) is 2.52. The van der Waals surface area contributed by atoms with Crippen LogP contribution in [0.4, 0.5) is 11.4 Å². The van der Waals surface area contributed by atoms with Gasteiger partial charge in [0.2, 0.25) is 11.8 Å². The topological polar surface area (TPSA) is 62.3 Å². The lowest BCUT2D eigenvalue weighted by Crippen LogP contribution is -2.51. The van der Waals surface area contributed by atoms with Crippen molar-refractivity contribution in [3.05, 3.63) is 83.4 Å². The molecular weight excluding hydrogens is 490 g/mol. The highest BCUT2D eigenvalue weighted by atomic mass is 35.5. The molecule has 2 unspecified atom stereocenters. The van der Waals surface area contributed by atoms with Crippen LogP contribution in [0.15, 0.2) is 72.8 Å². The van der Waals surface area contributed by atoms with Gasteiger partial charge in [-0.3, -0.25) is 9.59 Å². The van der Waals surface area contributed by atoms with Crippen molar-refractivity contribution in [1.82, 2.24) is 4.90 Å². The first-order chi connectivity index (χ1) is 18.0. The number of carbonyl (C=O) groups is 2. The van der Waals surface area contributed by atoms with E-state index in [0.717, 1.165) is 22.7 Å². The number of para-hydroxylation sites is 1. The van der Waals surface area contributed by atoms with Gasteiger partial charge in [0.05, 0.1) is 36.9 Å². The summed E-state index contributed by atoms with van der Waals surface area (Å²) in [4.78, 5) is 33.1. The van der Waals surface area contributed by atoms with Crippen molar-refractivity contribution in [2.45, 2.75) is 12.5 Å². The normalized spacial score (nSPS) is 19.8. The number of hydrogen-bond donors (Lipinski definition) is 0. The van der Waals surface area contributed by atoms with Gasteiger partial charge < -0.3 is 24.2 Å². The first kappa shape index (κ1) is 25.0. The van der Waals surface area contributed by atoms with Gasteiger partial charge in [-0.1, -0.05) is 35.9 Å². The third-order valence-electron chi connectivity index (χ3n) is 7.23. The summed E-state index contributed by atoms with van der Waals surface area (Å²) in [7, 11) is 3.22. The maximum atomic E-state index is 13.9. The van der Waals surface area contributed by atoms with E-state index in [9.17, 15) is 9.59 Å². The Balaban J connectivity index is 1.40. The van der Waals surface area contributed by atoms with E-state index in [-0.39, 0.29) is 18.2 Å². The Morgan fingerprint density at radius 1 is 0.838 bits per heavy atom. The summed E-state index contributed by atoms with van der Waals surface area (Å²) in [6.07, 6.45) is 0.159. The van der Waals surface area contributed by atoms with E-state index in [0.29, 0.717) is 37.0 Å². The van der Waals surface area contributed by atoms with Crippen LogP contribution in [-0.2, 0) is 9.59 Å². The number of hydrogen-bond acceptors (Lipinski definition) is 5. The summed E-state index contributed by atoms with van der Waals surface area (Å²) in [5.74, 6) is 0.876. The second-order valence-corrected chi connectivity index (χ2v) is 9.66. The minimum atomic E-state index is -0.491. The Labute approximate surface area is 222 Å². The molecule has 37 heavy (non-hydrogen) atoms. The molecule has 2 saturated heterocycles. The predicted molar refractivity (Wildman–Crippen MR) is 145 cm³/mol. The molecular formula is C29H30ClN3O4. The monoisotopic (exact) mass is 519 g/mol. The van der Waals surface area contributed by atoms with Gasteiger partial charge in [-0.2, -0.15) is 0 Å². The standard InChI is InChI=1S/C29H30ClN3O4/c1-36-22-11-7-20(8-12-22)28-24(19-27(34)33(28)21-9-13-23(37-2)14-10-21)29(35)32-17-15-31(16-18-32)26-6-4-3-5-25(26)30/h3-14,24,28H,15-19H2,1-2H3. The maximum Gasteiger partial charge on any atom is 0.228 e. The van der Waals surface area contributed by atoms with Gasteiger partial charge in [0, 0.05) is 38.3 Å². The smallest absolute Gasteiger partial charge is 0.228 e. The zero-order valence-corrected chi connectivity index (χ0v) is 21.7. The molecule has 192 valence electrons. The zero-order chi connectivity index (χ0) is 25.9. The summed E-state index contributed by atoms with van der Waals surface area (Å²) in [6, 6.07) is 22.4. The first-order valence-corrected chi connectivity index (χ1v) is 12.8. The fourth-order valence-corrected chi connectivity index (χ4v) is 5.55. The van der Waals surface area contributed by atoms with Crippen molar-refractivity contribution >= 4 is 34.8 Å². The molecule has 2 fully saturated rings. The maximum absolute atomic E-state index is 13.9. The average molecular weight is 520 g/mol. The molecule has 0 N–H and O–H groups in total. The lowest BCUT2D eigenvalue weighted by molar-refractivity contribution is -0.136. The van der Waals surface area contributed by atoms with Gasteiger partial charge in [0.25, 0.3) is 0 Å². The molecule has 5 rings (SSSR count). The molecule has 2 amide bonds. The van der Waals surface area contributed by atoms with Crippen LogP contribution in [-0.4, -0.2) is 57.1 Å². The molecule has 0 aliphatic carbocycles. The number of amides is 2. The van der Waals surface area contributed by atoms with Crippen LogP contribution in [0.5, 0.6) is 11.5 Å². The fourth-order valence-electron chi connectivity index (χ4n) is 5.30. The molecule has 0 bridgehead atoms. The highest BCUT2D eigenvalue weighted by molar-refractivity contribution is 6.33. The van der Waals surface area contributed by atoms with Crippen LogP contribution < -0.4 is 19.3 Å². The SMILES string of the molecule is COc1ccc(C2C(C(=O)N3CCN(c4ccccc4Cl)CC3)CC(=O)N2c2ccc(OC)cc2)cc1. The van der Waals surface area contributed by atoms with E-state index in [1.807, 2.05) is 77.7 Å². The summed E-state index contributed by atoms with van der Waals surface area (Å²) in [5.41, 5.74) is 2.62. The summed E-state index contributed by atoms with van der Waals surface area (Å²) >= 11 is 6.40. The molecule has 0 aromatic heterocycles. The van der Waals surface area contributed by atoms with E-state index in [2.05, 4.69) is 4.90 Å². The van der Waals surface area contributed by atoms with Crippen LogP contribution in [0.2, 0.25) is 5.02 Å². The molecule has 3 aromatic carbocycles. The van der Waals surface area contributed by atoms with E-state index >= 15 is 0 Å². The number of benzene rings is 3. The first-order valence-electron chi connectivity index (χ1n) is 12.4. The molecule has 2 heterocycles. The van der Waals surface area contributed by atoms with Crippen molar-refractivity contribution < 1.29 is 19.1 Å². The molecule has 2 aliphatic rings. The van der Waals surface area contributed by atoms with E-state index in [4.69, 9.17) is 21.1 Å². The van der Waals surface area contributed by atoms with Crippen LogP contribution >= 0.6 is 11.6 Å². The van der Waals surface area contributed by atoms with Gasteiger partial charge in [-0.25, -0.2) is 0 Å². The van der Waals surface area contributed by atoms with Gasteiger partial charge in [-0.05, 0) is 54.1 Å². The highest BCUT2D eigenvalue weighted by Crippen LogP contribution is 2.43. The Hall–Kier alpha value is -3.71. The third-order valence-corrected chi connectivity index (χ3v) is 7.55. The molecule has 7 nitrogen and oxygen atoms in total. The zero-order valence-electron chi connectivity index (χ0n) is 21.0. The second-order valence-electron chi connectivity index (χ2n) is 9.25. The quantitative estimate of drug-likeness (QED) is 0.468. The number of halogens is 1. The van der Waals surface area contributed by atoms with Crippen molar-refractivity contribution in [3.8, 4) is 11.5 Å². The van der Waals surface area contributed by atoms with Gasteiger partial charge in [-0.15, -0.1) is 0 Å². The van der Waals surface area contributed by atoms with E-state index in [1.54, 1.807) is 19.1 Å². The fraction of sp³-hybridized carbons (Fsp3) is 0.310. The molecule has 0 saturated carbocycles. The molecule has 0 spiro atoms. The van der Waals surface area contributed by atoms with Crippen LogP contribution in [0.25, 0.3) is 0 Å². The Morgan fingerprint density at radius 3 is 2.03 bits per heavy atom. The molecule has 8 heteroatoms. The van der Waals surface area contributed by atoms with Crippen molar-refractivity contribution in [1.29, 1.82) is 0 Å². The number of piperazine rings is 1. The predicted octanol–water partition coefficient (Wildman–Crippen LogP) is 4.80. The Morgan fingerprint density at radius 2 is 1.43 bits per heavy atom. The number of rotatable bonds is 6. The minimum Gasteiger partial charge on any atom is -0.497 e. The van der Waals surface area contributed by atoms with Gasteiger partial charge in [0.15, 0.2) is 0 Å². The minimum absolute atomic E-state index is 0.00369. The molecule has 0 radical (unpaired) electrons. The molecule has 2 atom stereocenters. The van der Waals surface area contributed by atoms with Crippen LogP contribution in [0.3, 0.4) is 0 Å². The van der Waals surface area contributed by atoms with Crippen molar-refractivity contribution in [2.24, 2.45) is 5.92 Å². The lowest BCUT2D eigenvalue weighted by Gasteiger charge is -2.38. The lowest BCUT2D eigenvalue weighted by atomic mass is 9.91. The number of methoxy groups -OCH3 is 2.